The molecule has 0 N–H and O–H groups in total. The van der Waals surface area contributed by atoms with Gasteiger partial charge in [-0.15, -0.1) is 0 Å². The van der Waals surface area contributed by atoms with E-state index >= 15 is 0 Å². The average molecular weight is 445 g/mol. The first-order valence-corrected chi connectivity index (χ1v) is 10.1. The maximum absolute atomic E-state index is 13.2. The molecule has 0 aliphatic carbocycles. The number of pyridine rings is 1. The number of amides is 1. The highest BCUT2D eigenvalue weighted by Crippen LogP contribution is 2.21. The number of anilines is 1. The summed E-state index contributed by atoms with van der Waals surface area (Å²) in [6.45, 7) is 2.24. The molecule has 7 nitrogen and oxygen atoms in total. The molecule has 0 unspecified atom stereocenters. The summed E-state index contributed by atoms with van der Waals surface area (Å²) in [6, 6.07) is 10.7. The Morgan fingerprint density at radius 1 is 1.25 bits per heavy atom. The molecule has 2 aromatic heterocycles. The molecule has 0 bridgehead atoms. The molecule has 0 saturated carbocycles. The summed E-state index contributed by atoms with van der Waals surface area (Å²) < 4.78 is 6.97. The Hall–Kier alpha value is -2.74. The molecule has 0 atom stereocenters. The van der Waals surface area contributed by atoms with Crippen LogP contribution in [0.5, 0.6) is 0 Å². The summed E-state index contributed by atoms with van der Waals surface area (Å²) in [6.07, 6.45) is 1.71. The second kappa shape index (κ2) is 8.97. The fourth-order valence-corrected chi connectivity index (χ4v) is 3.43. The third kappa shape index (κ3) is 4.22. The monoisotopic (exact) mass is 444 g/mol. The van der Waals surface area contributed by atoms with Crippen LogP contribution in [0, 0.1) is 0 Å². The number of carbonyl (C=O) groups excluding carboxylic acids is 2. The maximum atomic E-state index is 13.2. The van der Waals surface area contributed by atoms with Gasteiger partial charge in [-0.1, -0.05) is 22.0 Å². The van der Waals surface area contributed by atoms with E-state index in [2.05, 4.69) is 25.9 Å². The molecule has 0 radical (unpaired) electrons. The summed E-state index contributed by atoms with van der Waals surface area (Å²) in [5.74, 6) is 0.775. The highest BCUT2D eigenvalue weighted by Gasteiger charge is 2.21. The van der Waals surface area contributed by atoms with Crippen molar-refractivity contribution in [3.63, 3.8) is 0 Å². The van der Waals surface area contributed by atoms with Gasteiger partial charge in [0.1, 0.15) is 11.6 Å². The van der Waals surface area contributed by atoms with Crippen LogP contribution in [0.2, 0.25) is 0 Å². The topological polar surface area (TPSA) is 77.3 Å². The van der Waals surface area contributed by atoms with Gasteiger partial charge in [-0.3, -0.25) is 14.5 Å². The molecular formula is C20H21BrN4O3. The van der Waals surface area contributed by atoms with Crippen molar-refractivity contribution in [2.45, 2.75) is 18.7 Å². The smallest absolute Gasteiger partial charge is 0.307 e. The number of hydrogen-bond acceptors (Lipinski definition) is 5. The number of aryl methyl sites for hydroxylation is 1. The fraction of sp³-hybridized carbons (Fsp3) is 0.300. The summed E-state index contributed by atoms with van der Waals surface area (Å²) >= 11 is 3.42. The third-order valence-corrected chi connectivity index (χ3v) is 4.86. The van der Waals surface area contributed by atoms with E-state index in [4.69, 9.17) is 4.74 Å². The second-order valence-corrected chi connectivity index (χ2v) is 6.68. The molecule has 0 spiro atoms. The molecule has 146 valence electrons. The Kier molecular flexibility index (Phi) is 6.41. The minimum absolute atomic E-state index is 0.0930. The zero-order valence-electron chi connectivity index (χ0n) is 15.8. The average Bonchev–Trinajstić information content (AvgIpc) is 3.04. The van der Waals surface area contributed by atoms with E-state index in [-0.39, 0.29) is 24.8 Å². The number of alkyl halides is 1. The number of aromatic nitrogens is 3. The van der Waals surface area contributed by atoms with Gasteiger partial charge in [0.05, 0.1) is 29.4 Å². The number of fused-ring (bicyclic) bond motifs is 1. The van der Waals surface area contributed by atoms with E-state index in [0.29, 0.717) is 23.3 Å². The normalized spacial score (nSPS) is 10.8. The highest BCUT2D eigenvalue weighted by molar-refractivity contribution is 9.08. The minimum atomic E-state index is -0.349. The molecule has 0 saturated heterocycles. The van der Waals surface area contributed by atoms with Gasteiger partial charge in [-0.2, -0.15) is 0 Å². The largest absolute Gasteiger partial charge is 0.466 e. The first-order valence-electron chi connectivity index (χ1n) is 8.95. The van der Waals surface area contributed by atoms with Crippen LogP contribution in [0.1, 0.15) is 29.5 Å². The van der Waals surface area contributed by atoms with Crippen molar-refractivity contribution in [1.29, 1.82) is 0 Å². The number of halogens is 1. The molecule has 0 aliphatic heterocycles. The fourth-order valence-electron chi connectivity index (χ4n) is 2.93. The molecule has 1 amide bonds. The molecule has 0 fully saturated rings. The van der Waals surface area contributed by atoms with Crippen LogP contribution < -0.4 is 4.90 Å². The van der Waals surface area contributed by atoms with E-state index < -0.39 is 0 Å². The van der Waals surface area contributed by atoms with Gasteiger partial charge in [-0.25, -0.2) is 9.97 Å². The molecule has 2 heterocycles. The van der Waals surface area contributed by atoms with E-state index in [9.17, 15) is 9.59 Å². The van der Waals surface area contributed by atoms with Crippen LogP contribution in [0.15, 0.2) is 42.6 Å². The van der Waals surface area contributed by atoms with Gasteiger partial charge in [0.25, 0.3) is 5.91 Å². The van der Waals surface area contributed by atoms with Gasteiger partial charge >= 0.3 is 5.97 Å². The number of ether oxygens (including phenoxy) is 1. The molecule has 3 aromatic rings. The third-order valence-electron chi connectivity index (χ3n) is 4.36. The van der Waals surface area contributed by atoms with Crippen LogP contribution in [-0.2, 0) is 21.9 Å². The van der Waals surface area contributed by atoms with Crippen molar-refractivity contribution in [2.24, 2.45) is 7.05 Å². The first-order chi connectivity index (χ1) is 13.5. The van der Waals surface area contributed by atoms with Gasteiger partial charge < -0.3 is 9.30 Å². The molecule has 1 aromatic carbocycles. The Morgan fingerprint density at radius 3 is 2.75 bits per heavy atom. The summed E-state index contributed by atoms with van der Waals surface area (Å²) in [5.41, 5.74) is 2.18. The van der Waals surface area contributed by atoms with Crippen molar-refractivity contribution in [2.75, 3.05) is 18.1 Å². The summed E-state index contributed by atoms with van der Waals surface area (Å²) in [4.78, 5) is 35.3. The minimum Gasteiger partial charge on any atom is -0.466 e. The second-order valence-electron chi connectivity index (χ2n) is 6.12. The first kappa shape index (κ1) is 20.0. The van der Waals surface area contributed by atoms with Crippen molar-refractivity contribution < 1.29 is 14.3 Å². The van der Waals surface area contributed by atoms with Crippen LogP contribution in [-0.4, -0.2) is 39.6 Å². The molecule has 0 aliphatic rings. The van der Waals surface area contributed by atoms with Crippen molar-refractivity contribution in [3.8, 4) is 0 Å². The Balaban J connectivity index is 1.91. The van der Waals surface area contributed by atoms with Crippen molar-refractivity contribution >= 4 is 44.7 Å². The lowest BCUT2D eigenvalue weighted by Gasteiger charge is -2.21. The van der Waals surface area contributed by atoms with Crippen LogP contribution in [0.3, 0.4) is 0 Å². The number of rotatable bonds is 7. The Morgan fingerprint density at radius 2 is 2.07 bits per heavy atom. The van der Waals surface area contributed by atoms with Crippen LogP contribution in [0.4, 0.5) is 5.82 Å². The van der Waals surface area contributed by atoms with E-state index in [1.54, 1.807) is 43.5 Å². The number of benzene rings is 1. The van der Waals surface area contributed by atoms with E-state index in [1.165, 1.54) is 4.90 Å². The van der Waals surface area contributed by atoms with Gasteiger partial charge in [0, 0.05) is 25.4 Å². The Labute approximate surface area is 171 Å². The standard InChI is InChI=1S/C20H21BrN4O3/c1-3-28-19(26)9-11-25(17-6-4-5-10-22-17)20(27)14-7-8-16-15(12-14)23-18(13-21)24(16)2/h4-8,10,12H,3,9,11,13H2,1-2H3. The SMILES string of the molecule is CCOC(=O)CCN(C(=O)c1ccc2c(c1)nc(CBr)n2C)c1ccccn1. The molecule has 3 rings (SSSR count). The zero-order valence-corrected chi connectivity index (χ0v) is 17.3. The lowest BCUT2D eigenvalue weighted by molar-refractivity contribution is -0.142. The highest BCUT2D eigenvalue weighted by atomic mass is 79.9. The number of nitrogens with zero attached hydrogens (tertiary/aromatic N) is 4. The van der Waals surface area contributed by atoms with Gasteiger partial charge in [0.15, 0.2) is 0 Å². The lowest BCUT2D eigenvalue weighted by atomic mass is 10.1. The molecule has 8 heteroatoms. The predicted octanol–water partition coefficient (Wildman–Crippen LogP) is 3.46. The lowest BCUT2D eigenvalue weighted by Crippen LogP contribution is -2.34. The van der Waals surface area contributed by atoms with Crippen LogP contribution >= 0.6 is 15.9 Å². The van der Waals surface area contributed by atoms with Gasteiger partial charge in [-0.05, 0) is 37.3 Å². The zero-order chi connectivity index (χ0) is 20.1. The predicted molar refractivity (Wildman–Crippen MR) is 111 cm³/mol. The number of hydrogen-bond donors (Lipinski definition) is 0. The van der Waals surface area contributed by atoms with Crippen molar-refractivity contribution in [3.05, 3.63) is 54.0 Å². The van der Waals surface area contributed by atoms with E-state index in [0.717, 1.165) is 16.9 Å². The van der Waals surface area contributed by atoms with Crippen molar-refractivity contribution in [1.82, 2.24) is 14.5 Å². The quantitative estimate of drug-likeness (QED) is 0.411. The molecular weight excluding hydrogens is 424 g/mol. The number of carbonyl (C=O) groups is 2. The molecule has 28 heavy (non-hydrogen) atoms. The Bertz CT molecular complexity index is 988. The maximum Gasteiger partial charge on any atom is 0.307 e. The number of imidazole rings is 1. The summed E-state index contributed by atoms with van der Waals surface area (Å²) in [5, 5.41) is 0.626. The van der Waals surface area contributed by atoms with E-state index in [1.807, 2.05) is 17.7 Å². The van der Waals surface area contributed by atoms with Gasteiger partial charge in [0.2, 0.25) is 0 Å². The number of esters is 1. The summed E-state index contributed by atoms with van der Waals surface area (Å²) in [7, 11) is 1.94. The van der Waals surface area contributed by atoms with Crippen LogP contribution in [0.25, 0.3) is 11.0 Å².